The van der Waals surface area contributed by atoms with Crippen molar-refractivity contribution >= 4 is 5.97 Å². The van der Waals surface area contributed by atoms with E-state index in [1.165, 1.54) is 0 Å². The van der Waals surface area contributed by atoms with Crippen LogP contribution >= 0.6 is 0 Å². The molecule has 118 valence electrons. The standard InChI is InChI=1S/C17H27NO3/c1-6-8-14(16(19)20)21-15-12(2)9-7-10-13(15)11-18-17(3,4)5/h7,9-10,14,18H,6,8,11H2,1-5H3,(H,19,20). The number of benzene rings is 1. The number of carboxylic acids is 1. The first-order valence-electron chi connectivity index (χ1n) is 7.47. The molecule has 4 nitrogen and oxygen atoms in total. The van der Waals surface area contributed by atoms with Crippen LogP contribution < -0.4 is 10.1 Å². The van der Waals surface area contributed by atoms with Crippen LogP contribution in [-0.4, -0.2) is 22.7 Å². The summed E-state index contributed by atoms with van der Waals surface area (Å²) >= 11 is 0. The van der Waals surface area contributed by atoms with E-state index in [4.69, 9.17) is 4.74 Å². The maximum Gasteiger partial charge on any atom is 0.344 e. The van der Waals surface area contributed by atoms with E-state index in [-0.39, 0.29) is 5.54 Å². The van der Waals surface area contributed by atoms with Crippen molar-refractivity contribution in [1.82, 2.24) is 5.32 Å². The van der Waals surface area contributed by atoms with Gasteiger partial charge in [-0.05, 0) is 39.7 Å². The topological polar surface area (TPSA) is 58.6 Å². The Morgan fingerprint density at radius 1 is 1.38 bits per heavy atom. The maximum atomic E-state index is 11.3. The van der Waals surface area contributed by atoms with Crippen molar-refractivity contribution in [2.45, 2.75) is 65.6 Å². The van der Waals surface area contributed by atoms with Gasteiger partial charge in [-0.15, -0.1) is 0 Å². The van der Waals surface area contributed by atoms with Gasteiger partial charge in [0.25, 0.3) is 0 Å². The zero-order valence-electron chi connectivity index (χ0n) is 13.7. The highest BCUT2D eigenvalue weighted by Gasteiger charge is 2.21. The summed E-state index contributed by atoms with van der Waals surface area (Å²) in [4.78, 5) is 11.3. The molecule has 1 rings (SSSR count). The molecule has 0 aliphatic heterocycles. The van der Waals surface area contributed by atoms with Crippen LogP contribution in [0.1, 0.15) is 51.7 Å². The minimum Gasteiger partial charge on any atom is -0.479 e. The van der Waals surface area contributed by atoms with Crippen molar-refractivity contribution in [2.24, 2.45) is 0 Å². The number of nitrogens with one attached hydrogen (secondary N) is 1. The van der Waals surface area contributed by atoms with Gasteiger partial charge < -0.3 is 15.2 Å². The summed E-state index contributed by atoms with van der Waals surface area (Å²) < 4.78 is 5.80. The van der Waals surface area contributed by atoms with Crippen LogP contribution in [0.15, 0.2) is 18.2 Å². The molecule has 0 saturated carbocycles. The highest BCUT2D eigenvalue weighted by molar-refractivity contribution is 5.72. The van der Waals surface area contributed by atoms with E-state index in [2.05, 4.69) is 26.1 Å². The number of carboxylic acid groups (broad SMARTS) is 1. The average molecular weight is 293 g/mol. The number of carbonyl (C=O) groups is 1. The van der Waals surface area contributed by atoms with Gasteiger partial charge in [0.2, 0.25) is 0 Å². The highest BCUT2D eigenvalue weighted by Crippen LogP contribution is 2.26. The molecule has 1 unspecified atom stereocenters. The lowest BCUT2D eigenvalue weighted by Gasteiger charge is -2.23. The van der Waals surface area contributed by atoms with Crippen LogP contribution in [0, 0.1) is 6.92 Å². The molecule has 21 heavy (non-hydrogen) atoms. The molecule has 1 aromatic carbocycles. The van der Waals surface area contributed by atoms with Crippen LogP contribution in [0.5, 0.6) is 5.75 Å². The minimum atomic E-state index is -0.908. The Hall–Kier alpha value is -1.55. The van der Waals surface area contributed by atoms with Crippen molar-refractivity contribution in [3.8, 4) is 5.75 Å². The molecule has 0 aliphatic rings. The van der Waals surface area contributed by atoms with Gasteiger partial charge in [-0.25, -0.2) is 4.79 Å². The molecule has 1 aromatic rings. The summed E-state index contributed by atoms with van der Waals surface area (Å²) in [5.74, 6) is -0.218. The van der Waals surface area contributed by atoms with E-state index in [1.54, 1.807) is 0 Å². The fourth-order valence-corrected chi connectivity index (χ4v) is 2.02. The molecule has 0 fully saturated rings. The van der Waals surface area contributed by atoms with Crippen LogP contribution in [0.25, 0.3) is 0 Å². The third-order valence-electron chi connectivity index (χ3n) is 3.19. The molecule has 0 aromatic heterocycles. The summed E-state index contributed by atoms with van der Waals surface area (Å²) in [5.41, 5.74) is 1.95. The molecular weight excluding hydrogens is 266 g/mol. The summed E-state index contributed by atoms with van der Waals surface area (Å²) in [6.45, 7) is 10.8. The predicted octanol–water partition coefficient (Wildman–Crippen LogP) is 3.52. The Morgan fingerprint density at radius 2 is 2.05 bits per heavy atom. The summed E-state index contributed by atoms with van der Waals surface area (Å²) in [7, 11) is 0. The Kier molecular flexibility index (Phi) is 6.21. The summed E-state index contributed by atoms with van der Waals surface area (Å²) in [6.07, 6.45) is 0.498. The number of hydrogen-bond acceptors (Lipinski definition) is 3. The van der Waals surface area contributed by atoms with E-state index in [0.717, 1.165) is 17.5 Å². The first kappa shape index (κ1) is 17.5. The van der Waals surface area contributed by atoms with Gasteiger partial charge in [-0.1, -0.05) is 31.5 Å². The monoisotopic (exact) mass is 293 g/mol. The predicted molar refractivity (Wildman–Crippen MR) is 84.7 cm³/mol. The minimum absolute atomic E-state index is 0.00334. The molecule has 2 N–H and O–H groups in total. The van der Waals surface area contributed by atoms with Gasteiger partial charge in [-0.2, -0.15) is 0 Å². The fourth-order valence-electron chi connectivity index (χ4n) is 2.02. The third kappa shape index (κ3) is 5.76. The molecule has 0 spiro atoms. The van der Waals surface area contributed by atoms with Crippen molar-refractivity contribution in [1.29, 1.82) is 0 Å². The molecule has 0 amide bonds. The lowest BCUT2D eigenvalue weighted by atomic mass is 10.1. The Bertz CT molecular complexity index is 477. The second-order valence-corrected chi connectivity index (χ2v) is 6.40. The SMILES string of the molecule is CCCC(Oc1c(C)cccc1CNC(C)(C)C)C(=O)O. The van der Waals surface area contributed by atoms with Crippen LogP contribution in [-0.2, 0) is 11.3 Å². The lowest BCUT2D eigenvalue weighted by Crippen LogP contribution is -2.35. The van der Waals surface area contributed by atoms with Crippen LogP contribution in [0.4, 0.5) is 0 Å². The Balaban J connectivity index is 2.96. The third-order valence-corrected chi connectivity index (χ3v) is 3.19. The number of aryl methyl sites for hydroxylation is 1. The number of ether oxygens (including phenoxy) is 1. The van der Waals surface area contributed by atoms with Crippen molar-refractivity contribution in [3.05, 3.63) is 29.3 Å². The maximum absolute atomic E-state index is 11.3. The van der Waals surface area contributed by atoms with Gasteiger partial charge in [-0.3, -0.25) is 0 Å². The van der Waals surface area contributed by atoms with E-state index in [0.29, 0.717) is 18.7 Å². The Morgan fingerprint density at radius 3 is 2.57 bits per heavy atom. The average Bonchev–Trinajstić information content (AvgIpc) is 2.37. The molecule has 0 saturated heterocycles. The second kappa shape index (κ2) is 7.46. The Labute approximate surface area is 127 Å². The molecule has 0 bridgehead atoms. The second-order valence-electron chi connectivity index (χ2n) is 6.40. The molecule has 4 heteroatoms. The molecule has 0 heterocycles. The molecule has 0 radical (unpaired) electrons. The van der Waals surface area contributed by atoms with Gasteiger partial charge in [0.05, 0.1) is 0 Å². The summed E-state index contributed by atoms with van der Waals surface area (Å²) in [5, 5.41) is 12.7. The quantitative estimate of drug-likeness (QED) is 0.807. The van der Waals surface area contributed by atoms with Crippen LogP contribution in [0.2, 0.25) is 0 Å². The number of rotatable bonds is 7. The summed E-state index contributed by atoms with van der Waals surface area (Å²) in [6, 6.07) is 5.89. The zero-order chi connectivity index (χ0) is 16.0. The first-order valence-corrected chi connectivity index (χ1v) is 7.47. The molecule has 1 atom stereocenters. The largest absolute Gasteiger partial charge is 0.479 e. The number of para-hydroxylation sites is 1. The smallest absolute Gasteiger partial charge is 0.344 e. The molecule has 0 aliphatic carbocycles. The fraction of sp³-hybridized carbons (Fsp3) is 0.588. The molecular formula is C17H27NO3. The number of aliphatic carboxylic acids is 1. The normalized spacial score (nSPS) is 13.0. The number of hydrogen-bond donors (Lipinski definition) is 2. The van der Waals surface area contributed by atoms with Gasteiger partial charge in [0.15, 0.2) is 6.10 Å². The van der Waals surface area contributed by atoms with Crippen molar-refractivity contribution < 1.29 is 14.6 Å². The lowest BCUT2D eigenvalue weighted by molar-refractivity contribution is -0.145. The van der Waals surface area contributed by atoms with Crippen molar-refractivity contribution in [2.75, 3.05) is 0 Å². The van der Waals surface area contributed by atoms with Gasteiger partial charge in [0.1, 0.15) is 5.75 Å². The van der Waals surface area contributed by atoms with E-state index in [9.17, 15) is 9.90 Å². The van der Waals surface area contributed by atoms with Gasteiger partial charge >= 0.3 is 5.97 Å². The zero-order valence-corrected chi connectivity index (χ0v) is 13.7. The van der Waals surface area contributed by atoms with Gasteiger partial charge in [0, 0.05) is 17.6 Å². The van der Waals surface area contributed by atoms with E-state index < -0.39 is 12.1 Å². The first-order chi connectivity index (χ1) is 9.74. The van der Waals surface area contributed by atoms with E-state index in [1.807, 2.05) is 32.0 Å². The van der Waals surface area contributed by atoms with E-state index >= 15 is 0 Å². The van der Waals surface area contributed by atoms with Crippen LogP contribution in [0.3, 0.4) is 0 Å². The highest BCUT2D eigenvalue weighted by atomic mass is 16.5. The van der Waals surface area contributed by atoms with Crippen molar-refractivity contribution in [3.63, 3.8) is 0 Å².